The molecule has 0 bridgehead atoms. The minimum absolute atomic E-state index is 0.0413. The molecule has 1 aliphatic rings. The maximum atomic E-state index is 13.0. The number of piperidine rings is 1. The van der Waals surface area contributed by atoms with Gasteiger partial charge in [-0.3, -0.25) is 15.2 Å². The summed E-state index contributed by atoms with van der Waals surface area (Å²) in [6.07, 6.45) is -4.37. The normalized spacial score (nSPS) is 16.9. The minimum Gasteiger partial charge on any atom is -0.293 e. The smallest absolute Gasteiger partial charge is 0.293 e. The van der Waals surface area contributed by atoms with Crippen LogP contribution in [0.5, 0.6) is 0 Å². The molecule has 1 aliphatic heterocycles. The van der Waals surface area contributed by atoms with E-state index >= 15 is 0 Å². The van der Waals surface area contributed by atoms with Crippen LogP contribution in [-0.4, -0.2) is 46.9 Å². The highest BCUT2D eigenvalue weighted by Gasteiger charge is 2.36. The SMILES string of the molecule is O=C(Nc1n[nH]c(C(F)(F)F)n1)C1CCN(S(=O)(=O)c2ccc(F)cc2)CC1. The van der Waals surface area contributed by atoms with Gasteiger partial charge in [-0.2, -0.15) is 22.5 Å². The summed E-state index contributed by atoms with van der Waals surface area (Å²) >= 11 is 0. The van der Waals surface area contributed by atoms with E-state index in [1.165, 1.54) is 4.31 Å². The number of alkyl halides is 3. The fourth-order valence-electron chi connectivity index (χ4n) is 2.77. The van der Waals surface area contributed by atoms with Crippen LogP contribution in [0.25, 0.3) is 0 Å². The Hall–Kier alpha value is -2.54. The van der Waals surface area contributed by atoms with Crippen molar-refractivity contribution >= 4 is 21.9 Å². The van der Waals surface area contributed by atoms with Crippen LogP contribution in [0, 0.1) is 11.7 Å². The number of carbonyl (C=O) groups excluding carboxylic acids is 1. The topological polar surface area (TPSA) is 108 Å². The number of halogens is 4. The van der Waals surface area contributed by atoms with Gasteiger partial charge in [-0.15, -0.1) is 5.10 Å². The van der Waals surface area contributed by atoms with Crippen molar-refractivity contribution in [2.75, 3.05) is 18.4 Å². The van der Waals surface area contributed by atoms with Crippen LogP contribution in [0.15, 0.2) is 29.2 Å². The molecule has 0 unspecified atom stereocenters. The van der Waals surface area contributed by atoms with Gasteiger partial charge in [0.05, 0.1) is 4.90 Å². The summed E-state index contributed by atoms with van der Waals surface area (Å²) in [7, 11) is -3.82. The van der Waals surface area contributed by atoms with E-state index in [0.717, 1.165) is 24.3 Å². The molecule has 1 aromatic heterocycles. The second-order valence-corrected chi connectivity index (χ2v) is 8.06. The van der Waals surface area contributed by atoms with E-state index in [1.54, 1.807) is 5.10 Å². The van der Waals surface area contributed by atoms with Crippen LogP contribution in [0.4, 0.5) is 23.5 Å². The van der Waals surface area contributed by atoms with Crippen molar-refractivity contribution < 1.29 is 30.8 Å². The second-order valence-electron chi connectivity index (χ2n) is 6.13. The highest BCUT2D eigenvalue weighted by atomic mass is 32.2. The third kappa shape index (κ3) is 4.30. The molecule has 0 radical (unpaired) electrons. The second kappa shape index (κ2) is 7.47. The zero-order valence-corrected chi connectivity index (χ0v) is 15.0. The predicted molar refractivity (Wildman–Crippen MR) is 87.9 cm³/mol. The number of aromatic nitrogens is 3. The summed E-state index contributed by atoms with van der Waals surface area (Å²) in [5.41, 5.74) is 0. The van der Waals surface area contributed by atoms with Crippen LogP contribution < -0.4 is 5.32 Å². The maximum Gasteiger partial charge on any atom is 0.451 e. The first kappa shape index (κ1) is 20.2. The molecule has 1 fully saturated rings. The summed E-state index contributed by atoms with van der Waals surface area (Å²) in [5.74, 6) is -3.59. The Morgan fingerprint density at radius 2 is 1.79 bits per heavy atom. The Labute approximate surface area is 157 Å². The molecule has 2 heterocycles. The van der Waals surface area contributed by atoms with Gasteiger partial charge in [0.2, 0.25) is 27.7 Å². The van der Waals surface area contributed by atoms with Crippen molar-refractivity contribution in [2.45, 2.75) is 23.9 Å². The summed E-state index contributed by atoms with van der Waals surface area (Å²) in [5, 5.41) is 7.18. The van der Waals surface area contributed by atoms with Gasteiger partial charge in [0, 0.05) is 19.0 Å². The standard InChI is InChI=1S/C15H15F4N5O3S/c16-10-1-3-11(4-2-10)28(26,27)24-7-5-9(6-8-24)12(25)20-14-21-13(22-23-14)15(17,18)19/h1-4,9H,5-8H2,(H2,20,21,22,23,25). The number of amides is 1. The van der Waals surface area contributed by atoms with Crippen LogP contribution in [0.2, 0.25) is 0 Å². The largest absolute Gasteiger partial charge is 0.451 e. The average Bonchev–Trinajstić information content (AvgIpc) is 3.11. The molecule has 152 valence electrons. The molecule has 1 amide bonds. The zero-order valence-electron chi connectivity index (χ0n) is 14.2. The first-order valence-electron chi connectivity index (χ1n) is 8.13. The molecular weight excluding hydrogens is 406 g/mol. The Morgan fingerprint density at radius 3 is 2.32 bits per heavy atom. The fourth-order valence-corrected chi connectivity index (χ4v) is 4.24. The highest BCUT2D eigenvalue weighted by molar-refractivity contribution is 7.89. The number of hydrogen-bond donors (Lipinski definition) is 2. The van der Waals surface area contributed by atoms with E-state index in [9.17, 15) is 30.8 Å². The van der Waals surface area contributed by atoms with Gasteiger partial charge in [0.1, 0.15) is 5.82 Å². The summed E-state index contributed by atoms with van der Waals surface area (Å²) in [6, 6.07) is 4.40. The predicted octanol–water partition coefficient (Wildman–Crippen LogP) is 2.00. The molecule has 2 N–H and O–H groups in total. The molecule has 0 atom stereocenters. The van der Waals surface area contributed by atoms with E-state index < -0.39 is 45.6 Å². The molecule has 1 aromatic carbocycles. The molecule has 0 saturated carbocycles. The number of carbonyl (C=O) groups is 1. The quantitative estimate of drug-likeness (QED) is 0.735. The fraction of sp³-hybridized carbons (Fsp3) is 0.400. The van der Waals surface area contributed by atoms with Gasteiger partial charge in [-0.1, -0.05) is 0 Å². The number of H-pyrrole nitrogens is 1. The van der Waals surface area contributed by atoms with Crippen molar-refractivity contribution in [1.29, 1.82) is 0 Å². The molecule has 28 heavy (non-hydrogen) atoms. The van der Waals surface area contributed by atoms with E-state index in [0.29, 0.717) is 0 Å². The summed E-state index contributed by atoms with van der Waals surface area (Å²) in [6.45, 7) is 0.0825. The lowest BCUT2D eigenvalue weighted by Crippen LogP contribution is -2.41. The van der Waals surface area contributed by atoms with Crippen LogP contribution in [0.3, 0.4) is 0 Å². The van der Waals surface area contributed by atoms with Gasteiger partial charge in [0.15, 0.2) is 0 Å². The number of hydrogen-bond acceptors (Lipinski definition) is 5. The minimum atomic E-state index is -4.71. The van der Waals surface area contributed by atoms with Crippen LogP contribution in [-0.2, 0) is 21.0 Å². The molecule has 0 spiro atoms. The van der Waals surface area contributed by atoms with E-state index in [-0.39, 0.29) is 30.8 Å². The van der Waals surface area contributed by atoms with Crippen molar-refractivity contribution in [1.82, 2.24) is 19.5 Å². The number of rotatable bonds is 4. The number of anilines is 1. The van der Waals surface area contributed by atoms with Gasteiger partial charge in [-0.05, 0) is 37.1 Å². The number of nitrogens with one attached hydrogen (secondary N) is 2. The summed E-state index contributed by atoms with van der Waals surface area (Å²) < 4.78 is 76.7. The molecular formula is C15H15F4N5O3S. The first-order valence-corrected chi connectivity index (χ1v) is 9.57. The lowest BCUT2D eigenvalue weighted by atomic mass is 9.97. The van der Waals surface area contributed by atoms with Gasteiger partial charge in [0.25, 0.3) is 0 Å². The molecule has 2 aromatic rings. The van der Waals surface area contributed by atoms with Crippen molar-refractivity contribution in [3.63, 3.8) is 0 Å². The average molecular weight is 421 g/mol. The molecule has 1 saturated heterocycles. The summed E-state index contributed by atoms with van der Waals surface area (Å²) in [4.78, 5) is 15.3. The lowest BCUT2D eigenvalue weighted by molar-refractivity contribution is -0.144. The Kier molecular flexibility index (Phi) is 5.39. The first-order chi connectivity index (χ1) is 13.1. The van der Waals surface area contributed by atoms with Gasteiger partial charge < -0.3 is 0 Å². The lowest BCUT2D eigenvalue weighted by Gasteiger charge is -2.30. The van der Waals surface area contributed by atoms with Crippen molar-refractivity contribution in [3.8, 4) is 0 Å². The highest BCUT2D eigenvalue weighted by Crippen LogP contribution is 2.27. The number of nitrogens with zero attached hydrogens (tertiary/aromatic N) is 3. The molecule has 0 aliphatic carbocycles. The third-order valence-electron chi connectivity index (χ3n) is 4.27. The van der Waals surface area contributed by atoms with Gasteiger partial charge in [-0.25, -0.2) is 12.8 Å². The number of aromatic amines is 1. The Morgan fingerprint density at radius 1 is 1.18 bits per heavy atom. The van der Waals surface area contributed by atoms with E-state index in [2.05, 4.69) is 15.4 Å². The number of sulfonamides is 1. The zero-order chi connectivity index (χ0) is 20.5. The Balaban J connectivity index is 1.59. The number of benzene rings is 1. The van der Waals surface area contributed by atoms with Crippen LogP contribution >= 0.6 is 0 Å². The van der Waals surface area contributed by atoms with E-state index in [4.69, 9.17) is 0 Å². The maximum absolute atomic E-state index is 13.0. The van der Waals surface area contributed by atoms with E-state index in [1.807, 2.05) is 0 Å². The molecule has 3 rings (SSSR count). The Bertz CT molecular complexity index is 951. The van der Waals surface area contributed by atoms with Crippen molar-refractivity contribution in [3.05, 3.63) is 35.9 Å². The van der Waals surface area contributed by atoms with Gasteiger partial charge >= 0.3 is 6.18 Å². The third-order valence-corrected chi connectivity index (χ3v) is 6.18. The molecule has 13 heteroatoms. The van der Waals surface area contributed by atoms with Crippen LogP contribution in [0.1, 0.15) is 18.7 Å². The monoisotopic (exact) mass is 421 g/mol. The molecule has 8 nitrogen and oxygen atoms in total. The van der Waals surface area contributed by atoms with Crippen molar-refractivity contribution in [2.24, 2.45) is 5.92 Å².